The summed E-state index contributed by atoms with van der Waals surface area (Å²) in [6, 6.07) is 11.9. The summed E-state index contributed by atoms with van der Waals surface area (Å²) in [5.41, 5.74) is 0.877. The van der Waals surface area contributed by atoms with Gasteiger partial charge in [-0.15, -0.1) is 0 Å². The summed E-state index contributed by atoms with van der Waals surface area (Å²) in [5, 5.41) is 2.93. The van der Waals surface area contributed by atoms with E-state index in [1.807, 2.05) is 25.1 Å². The molecule has 3 fully saturated rings. The number of hydrogen-bond acceptors (Lipinski definition) is 5. The molecule has 0 saturated carbocycles. The van der Waals surface area contributed by atoms with Crippen LogP contribution in [0.3, 0.4) is 0 Å². The highest BCUT2D eigenvalue weighted by atomic mass is 19.1. The number of aryl methyl sites for hydroxylation is 1. The molecule has 5 rings (SSSR count). The molecule has 1 spiro atoms. The first-order valence-corrected chi connectivity index (χ1v) is 12.8. The molecule has 0 bridgehead atoms. The molecule has 9 heteroatoms. The highest BCUT2D eigenvalue weighted by Gasteiger charge is 2.54. The van der Waals surface area contributed by atoms with Gasteiger partial charge < -0.3 is 19.7 Å². The first kappa shape index (κ1) is 25.4. The second-order valence-electron chi connectivity index (χ2n) is 10.00. The number of hydrogen-bond donors (Lipinski definition) is 1. The molecule has 2 atom stereocenters. The van der Waals surface area contributed by atoms with Crippen LogP contribution >= 0.6 is 0 Å². The molecule has 2 aromatic rings. The Balaban J connectivity index is 1.34. The van der Waals surface area contributed by atoms with Crippen molar-refractivity contribution in [3.8, 4) is 0 Å². The van der Waals surface area contributed by atoms with Crippen molar-refractivity contribution in [3.63, 3.8) is 0 Å². The lowest BCUT2D eigenvalue weighted by Gasteiger charge is -2.44. The number of ether oxygens (including phenoxy) is 2. The Kier molecular flexibility index (Phi) is 7.26. The van der Waals surface area contributed by atoms with Gasteiger partial charge in [-0.25, -0.2) is 4.39 Å². The third-order valence-electron chi connectivity index (χ3n) is 7.50. The minimum atomic E-state index is -1.03. The Bertz CT molecular complexity index is 1160. The third kappa shape index (κ3) is 5.24. The average Bonchev–Trinajstić information content (AvgIpc) is 3.56. The molecule has 3 amide bonds. The second-order valence-corrected chi connectivity index (χ2v) is 10.00. The summed E-state index contributed by atoms with van der Waals surface area (Å²) >= 11 is 0. The van der Waals surface area contributed by atoms with Crippen molar-refractivity contribution in [3.05, 3.63) is 71.0 Å². The van der Waals surface area contributed by atoms with E-state index in [-0.39, 0.29) is 30.1 Å². The largest absolute Gasteiger partial charge is 0.376 e. The van der Waals surface area contributed by atoms with Crippen molar-refractivity contribution in [2.75, 3.05) is 32.8 Å². The standard InChI is InChI=1S/C28H32FN3O5/c1-19-4-2-5-21(16-19)26(34)31-13-11-28(12-14-31)32(27(35)20-7-9-22(29)10-8-20)24(18-37-28)25(33)30-17-23-6-3-15-36-23/h2,4-5,7-10,16,23-24H,3,6,11-15,17-18H2,1H3,(H,30,33)/t23-,24+/m1/s1. The molecule has 3 heterocycles. The lowest BCUT2D eigenvalue weighted by molar-refractivity contribution is -0.128. The molecule has 2 aromatic carbocycles. The van der Waals surface area contributed by atoms with E-state index < -0.39 is 23.5 Å². The Hall–Kier alpha value is -3.30. The maximum atomic E-state index is 13.7. The van der Waals surface area contributed by atoms with Gasteiger partial charge in [-0.3, -0.25) is 19.3 Å². The van der Waals surface area contributed by atoms with Crippen LogP contribution in [0.25, 0.3) is 0 Å². The van der Waals surface area contributed by atoms with E-state index in [2.05, 4.69) is 5.32 Å². The third-order valence-corrected chi connectivity index (χ3v) is 7.50. The number of likely N-dealkylation sites (tertiary alicyclic amines) is 1. The summed E-state index contributed by atoms with van der Waals surface area (Å²) in [7, 11) is 0. The molecular formula is C28H32FN3O5. The zero-order chi connectivity index (χ0) is 26.0. The number of benzene rings is 2. The van der Waals surface area contributed by atoms with E-state index in [0.717, 1.165) is 18.4 Å². The van der Waals surface area contributed by atoms with Gasteiger partial charge in [0.15, 0.2) is 0 Å². The van der Waals surface area contributed by atoms with Crippen molar-refractivity contribution in [1.29, 1.82) is 0 Å². The monoisotopic (exact) mass is 509 g/mol. The van der Waals surface area contributed by atoms with Crippen LogP contribution in [0.5, 0.6) is 0 Å². The maximum absolute atomic E-state index is 13.7. The number of rotatable bonds is 5. The fourth-order valence-electron chi connectivity index (χ4n) is 5.46. The summed E-state index contributed by atoms with van der Waals surface area (Å²) in [6.45, 7) is 3.81. The minimum Gasteiger partial charge on any atom is -0.376 e. The van der Waals surface area contributed by atoms with Gasteiger partial charge in [0.2, 0.25) is 5.91 Å². The highest BCUT2D eigenvalue weighted by Crippen LogP contribution is 2.39. The molecule has 37 heavy (non-hydrogen) atoms. The molecule has 196 valence electrons. The van der Waals surface area contributed by atoms with Crippen LogP contribution in [0.15, 0.2) is 48.5 Å². The lowest BCUT2D eigenvalue weighted by Crippen LogP contribution is -2.60. The molecule has 1 N–H and O–H groups in total. The molecule has 0 aromatic heterocycles. The van der Waals surface area contributed by atoms with Crippen molar-refractivity contribution in [1.82, 2.24) is 15.1 Å². The first-order valence-electron chi connectivity index (χ1n) is 12.8. The number of carbonyl (C=O) groups excluding carboxylic acids is 3. The van der Waals surface area contributed by atoms with Crippen LogP contribution in [0.1, 0.15) is 52.0 Å². The van der Waals surface area contributed by atoms with Crippen molar-refractivity contribution in [2.45, 2.75) is 50.5 Å². The van der Waals surface area contributed by atoms with Gasteiger partial charge in [-0.1, -0.05) is 17.7 Å². The number of carbonyl (C=O) groups is 3. The number of nitrogens with zero attached hydrogens (tertiary/aromatic N) is 2. The van der Waals surface area contributed by atoms with Gasteiger partial charge in [0.05, 0.1) is 12.7 Å². The van der Waals surface area contributed by atoms with Gasteiger partial charge in [0.1, 0.15) is 17.6 Å². The number of amides is 3. The zero-order valence-corrected chi connectivity index (χ0v) is 21.0. The minimum absolute atomic E-state index is 0.0302. The normalized spacial score (nSPS) is 22.9. The van der Waals surface area contributed by atoms with Crippen LogP contribution in [-0.4, -0.2) is 78.2 Å². The van der Waals surface area contributed by atoms with Crippen LogP contribution in [0.4, 0.5) is 4.39 Å². The van der Waals surface area contributed by atoms with Crippen LogP contribution in [-0.2, 0) is 14.3 Å². The molecular weight excluding hydrogens is 477 g/mol. The fraction of sp³-hybridized carbons (Fsp3) is 0.464. The van der Waals surface area contributed by atoms with Gasteiger partial charge in [0, 0.05) is 50.2 Å². The van der Waals surface area contributed by atoms with E-state index in [4.69, 9.17) is 9.47 Å². The zero-order valence-electron chi connectivity index (χ0n) is 21.0. The van der Waals surface area contributed by atoms with Gasteiger partial charge in [-0.05, 0) is 56.2 Å². The van der Waals surface area contributed by atoms with Gasteiger partial charge in [-0.2, -0.15) is 0 Å². The molecule has 3 aliphatic heterocycles. The number of piperidine rings is 1. The Morgan fingerprint density at radius 1 is 1.05 bits per heavy atom. The predicted octanol–water partition coefficient (Wildman–Crippen LogP) is 2.90. The Morgan fingerprint density at radius 2 is 1.81 bits per heavy atom. The van der Waals surface area contributed by atoms with Gasteiger partial charge >= 0.3 is 0 Å². The van der Waals surface area contributed by atoms with E-state index in [1.165, 1.54) is 29.2 Å². The summed E-state index contributed by atoms with van der Waals surface area (Å²) in [4.78, 5) is 43.3. The van der Waals surface area contributed by atoms with E-state index in [1.54, 1.807) is 11.0 Å². The van der Waals surface area contributed by atoms with Gasteiger partial charge in [0.25, 0.3) is 11.8 Å². The highest BCUT2D eigenvalue weighted by molar-refractivity contribution is 5.98. The fourth-order valence-corrected chi connectivity index (χ4v) is 5.46. The molecule has 0 aliphatic carbocycles. The smallest absolute Gasteiger partial charge is 0.256 e. The quantitative estimate of drug-likeness (QED) is 0.670. The predicted molar refractivity (Wildman–Crippen MR) is 133 cm³/mol. The van der Waals surface area contributed by atoms with Crippen LogP contribution in [0, 0.1) is 12.7 Å². The molecule has 3 aliphatic rings. The molecule has 3 saturated heterocycles. The SMILES string of the molecule is Cc1cccc(C(=O)N2CCC3(CC2)OC[C@@H](C(=O)NC[C@H]2CCCO2)N3C(=O)c2ccc(F)cc2)c1. The summed E-state index contributed by atoms with van der Waals surface area (Å²) < 4.78 is 25.4. The topological polar surface area (TPSA) is 88.2 Å². The molecule has 0 unspecified atom stereocenters. The van der Waals surface area contributed by atoms with Crippen molar-refractivity contribution >= 4 is 17.7 Å². The summed E-state index contributed by atoms with van der Waals surface area (Å²) in [6.07, 6.45) is 2.55. The second kappa shape index (κ2) is 10.6. The lowest BCUT2D eigenvalue weighted by atomic mass is 9.96. The summed E-state index contributed by atoms with van der Waals surface area (Å²) in [5.74, 6) is -1.22. The number of halogens is 1. The maximum Gasteiger partial charge on any atom is 0.256 e. The van der Waals surface area contributed by atoms with E-state index in [9.17, 15) is 18.8 Å². The Morgan fingerprint density at radius 3 is 2.49 bits per heavy atom. The molecule has 0 radical (unpaired) electrons. The average molecular weight is 510 g/mol. The van der Waals surface area contributed by atoms with Crippen molar-refractivity contribution < 1.29 is 28.2 Å². The van der Waals surface area contributed by atoms with E-state index in [0.29, 0.717) is 44.6 Å². The Labute approximate surface area is 215 Å². The molecule has 8 nitrogen and oxygen atoms in total. The number of nitrogens with one attached hydrogen (secondary N) is 1. The van der Waals surface area contributed by atoms with Crippen LogP contribution < -0.4 is 5.32 Å². The first-order chi connectivity index (χ1) is 17.9. The van der Waals surface area contributed by atoms with Crippen molar-refractivity contribution in [2.24, 2.45) is 0 Å². The van der Waals surface area contributed by atoms with E-state index >= 15 is 0 Å². The van der Waals surface area contributed by atoms with Crippen LogP contribution in [0.2, 0.25) is 0 Å².